The standard InChI is InChI=1S/C17H23N3O2/c1-2-10-22-15-6-5-8-19(13-15)17(21)11-14-12-18-16-7-3-4-9-20(14)16/h3-4,7,9,12,15H,2,5-6,8,10-11,13H2,1H3/t15-/m0/s1. The summed E-state index contributed by atoms with van der Waals surface area (Å²) in [5.74, 6) is 0.162. The van der Waals surface area contributed by atoms with Gasteiger partial charge in [-0.05, 0) is 31.4 Å². The molecule has 1 saturated heterocycles. The molecule has 2 aromatic heterocycles. The van der Waals surface area contributed by atoms with E-state index in [-0.39, 0.29) is 12.0 Å². The second-order valence-electron chi connectivity index (χ2n) is 5.83. The number of carbonyl (C=O) groups excluding carboxylic acids is 1. The maximum atomic E-state index is 12.6. The number of aromatic nitrogens is 2. The molecule has 0 aromatic carbocycles. The molecule has 0 N–H and O–H groups in total. The normalized spacial score (nSPS) is 18.8. The predicted molar refractivity (Wildman–Crippen MR) is 84.7 cm³/mol. The number of carbonyl (C=O) groups is 1. The van der Waals surface area contributed by atoms with E-state index < -0.39 is 0 Å². The number of nitrogens with zero attached hydrogens (tertiary/aromatic N) is 3. The van der Waals surface area contributed by atoms with Gasteiger partial charge in [0.1, 0.15) is 5.65 Å². The molecule has 5 nitrogen and oxygen atoms in total. The Morgan fingerprint density at radius 2 is 2.36 bits per heavy atom. The number of hydrogen-bond donors (Lipinski definition) is 0. The lowest BCUT2D eigenvalue weighted by atomic mass is 10.1. The van der Waals surface area contributed by atoms with E-state index in [9.17, 15) is 4.79 Å². The van der Waals surface area contributed by atoms with E-state index in [1.807, 2.05) is 33.7 Å². The second kappa shape index (κ2) is 6.92. The van der Waals surface area contributed by atoms with Gasteiger partial charge in [-0.1, -0.05) is 13.0 Å². The number of hydrogen-bond acceptors (Lipinski definition) is 3. The number of piperidine rings is 1. The molecular formula is C17H23N3O2. The zero-order valence-corrected chi connectivity index (χ0v) is 13.1. The molecule has 3 heterocycles. The monoisotopic (exact) mass is 301 g/mol. The molecule has 0 saturated carbocycles. The Kier molecular flexibility index (Phi) is 4.73. The number of imidazole rings is 1. The molecule has 5 heteroatoms. The molecular weight excluding hydrogens is 278 g/mol. The van der Waals surface area contributed by atoms with Crippen molar-refractivity contribution in [1.29, 1.82) is 0 Å². The maximum absolute atomic E-state index is 12.6. The quantitative estimate of drug-likeness (QED) is 0.851. The average Bonchev–Trinajstić information content (AvgIpc) is 2.96. The second-order valence-corrected chi connectivity index (χ2v) is 5.83. The lowest BCUT2D eigenvalue weighted by molar-refractivity contribution is -0.134. The van der Waals surface area contributed by atoms with Crippen molar-refractivity contribution in [3.8, 4) is 0 Å². The van der Waals surface area contributed by atoms with Crippen LogP contribution in [0.4, 0.5) is 0 Å². The first-order valence-electron chi connectivity index (χ1n) is 8.08. The van der Waals surface area contributed by atoms with Gasteiger partial charge in [-0.3, -0.25) is 4.79 Å². The fraction of sp³-hybridized carbons (Fsp3) is 0.529. The number of likely N-dealkylation sites (tertiary alicyclic amines) is 1. The summed E-state index contributed by atoms with van der Waals surface area (Å²) in [7, 11) is 0. The maximum Gasteiger partial charge on any atom is 0.228 e. The van der Waals surface area contributed by atoms with Crippen molar-refractivity contribution in [2.45, 2.75) is 38.7 Å². The van der Waals surface area contributed by atoms with Crippen molar-refractivity contribution in [2.24, 2.45) is 0 Å². The smallest absolute Gasteiger partial charge is 0.228 e. The van der Waals surface area contributed by atoms with Crippen LogP contribution < -0.4 is 0 Å². The molecule has 1 amide bonds. The van der Waals surface area contributed by atoms with Crippen LogP contribution in [0, 0.1) is 0 Å². The van der Waals surface area contributed by atoms with Crippen LogP contribution in [-0.4, -0.2) is 46.0 Å². The highest BCUT2D eigenvalue weighted by molar-refractivity contribution is 5.78. The summed E-state index contributed by atoms with van der Waals surface area (Å²) in [4.78, 5) is 18.8. The highest BCUT2D eigenvalue weighted by atomic mass is 16.5. The first kappa shape index (κ1) is 15.0. The summed E-state index contributed by atoms with van der Waals surface area (Å²) in [5.41, 5.74) is 1.82. The van der Waals surface area contributed by atoms with Gasteiger partial charge < -0.3 is 14.0 Å². The van der Waals surface area contributed by atoms with Crippen molar-refractivity contribution < 1.29 is 9.53 Å². The van der Waals surface area contributed by atoms with E-state index in [1.165, 1.54) is 0 Å². The van der Waals surface area contributed by atoms with E-state index >= 15 is 0 Å². The van der Waals surface area contributed by atoms with Crippen LogP contribution in [0.15, 0.2) is 30.6 Å². The molecule has 22 heavy (non-hydrogen) atoms. The molecule has 0 radical (unpaired) electrons. The Morgan fingerprint density at radius 3 is 3.23 bits per heavy atom. The van der Waals surface area contributed by atoms with Crippen molar-refractivity contribution in [3.05, 3.63) is 36.3 Å². The molecule has 0 unspecified atom stereocenters. The molecule has 1 aliphatic rings. The van der Waals surface area contributed by atoms with E-state index in [2.05, 4.69) is 11.9 Å². The lowest BCUT2D eigenvalue weighted by Gasteiger charge is -2.32. The number of pyridine rings is 1. The molecule has 0 spiro atoms. The van der Waals surface area contributed by atoms with Gasteiger partial charge >= 0.3 is 0 Å². The van der Waals surface area contributed by atoms with E-state index in [0.29, 0.717) is 6.42 Å². The predicted octanol–water partition coefficient (Wildman–Crippen LogP) is 2.29. The fourth-order valence-corrected chi connectivity index (χ4v) is 2.97. The summed E-state index contributed by atoms with van der Waals surface area (Å²) >= 11 is 0. The Balaban J connectivity index is 1.64. The zero-order valence-electron chi connectivity index (χ0n) is 13.1. The average molecular weight is 301 g/mol. The molecule has 2 aromatic rings. The van der Waals surface area contributed by atoms with Gasteiger partial charge in [-0.15, -0.1) is 0 Å². The van der Waals surface area contributed by atoms with Crippen LogP contribution in [0.1, 0.15) is 31.9 Å². The van der Waals surface area contributed by atoms with Crippen molar-refractivity contribution in [3.63, 3.8) is 0 Å². The number of amides is 1. The van der Waals surface area contributed by atoms with Crippen LogP contribution >= 0.6 is 0 Å². The van der Waals surface area contributed by atoms with E-state index in [0.717, 1.165) is 50.3 Å². The molecule has 0 bridgehead atoms. The minimum absolute atomic E-state index is 0.162. The molecule has 0 aliphatic carbocycles. The lowest BCUT2D eigenvalue weighted by Crippen LogP contribution is -2.44. The molecule has 1 aliphatic heterocycles. The summed E-state index contributed by atoms with van der Waals surface area (Å²) in [6.45, 7) is 4.44. The van der Waals surface area contributed by atoms with Crippen molar-refractivity contribution >= 4 is 11.6 Å². The first-order valence-corrected chi connectivity index (χ1v) is 8.08. The SMILES string of the molecule is CCCO[C@H]1CCCN(C(=O)Cc2cnc3ccccn23)C1. The van der Waals surface area contributed by atoms with Crippen LogP contribution in [0.3, 0.4) is 0 Å². The van der Waals surface area contributed by atoms with Crippen molar-refractivity contribution in [1.82, 2.24) is 14.3 Å². The fourth-order valence-electron chi connectivity index (χ4n) is 2.97. The van der Waals surface area contributed by atoms with Gasteiger partial charge in [0.2, 0.25) is 5.91 Å². The number of ether oxygens (including phenoxy) is 1. The molecule has 3 rings (SSSR count). The Morgan fingerprint density at radius 1 is 1.45 bits per heavy atom. The van der Waals surface area contributed by atoms with Crippen LogP contribution in [-0.2, 0) is 16.0 Å². The molecule has 1 fully saturated rings. The van der Waals surface area contributed by atoms with Crippen molar-refractivity contribution in [2.75, 3.05) is 19.7 Å². The highest BCUT2D eigenvalue weighted by Gasteiger charge is 2.24. The number of fused-ring (bicyclic) bond motifs is 1. The third kappa shape index (κ3) is 3.30. The van der Waals surface area contributed by atoms with Gasteiger partial charge in [0, 0.05) is 32.1 Å². The van der Waals surface area contributed by atoms with Gasteiger partial charge in [-0.2, -0.15) is 0 Å². The summed E-state index contributed by atoms with van der Waals surface area (Å²) in [6.07, 6.45) is 7.43. The summed E-state index contributed by atoms with van der Waals surface area (Å²) in [5, 5.41) is 0. The highest BCUT2D eigenvalue weighted by Crippen LogP contribution is 2.15. The first-order chi connectivity index (χ1) is 10.8. The van der Waals surface area contributed by atoms with E-state index in [1.54, 1.807) is 6.20 Å². The largest absolute Gasteiger partial charge is 0.376 e. The summed E-state index contributed by atoms with van der Waals surface area (Å²) in [6, 6.07) is 5.86. The minimum atomic E-state index is 0.162. The zero-order chi connectivity index (χ0) is 15.4. The Bertz CT molecular complexity index is 638. The minimum Gasteiger partial charge on any atom is -0.376 e. The van der Waals surface area contributed by atoms with Gasteiger partial charge in [-0.25, -0.2) is 4.98 Å². The topological polar surface area (TPSA) is 46.8 Å². The Hall–Kier alpha value is -1.88. The van der Waals surface area contributed by atoms with E-state index in [4.69, 9.17) is 4.74 Å². The van der Waals surface area contributed by atoms with Gasteiger partial charge in [0.25, 0.3) is 0 Å². The van der Waals surface area contributed by atoms with Crippen LogP contribution in [0.25, 0.3) is 5.65 Å². The third-order valence-corrected chi connectivity index (χ3v) is 4.11. The van der Waals surface area contributed by atoms with Crippen LogP contribution in [0.5, 0.6) is 0 Å². The third-order valence-electron chi connectivity index (χ3n) is 4.11. The number of rotatable bonds is 5. The van der Waals surface area contributed by atoms with Gasteiger partial charge in [0.05, 0.1) is 18.2 Å². The van der Waals surface area contributed by atoms with Gasteiger partial charge in [0.15, 0.2) is 0 Å². The van der Waals surface area contributed by atoms with Crippen LogP contribution in [0.2, 0.25) is 0 Å². The Labute approximate surface area is 130 Å². The molecule has 1 atom stereocenters. The molecule has 118 valence electrons. The summed E-state index contributed by atoms with van der Waals surface area (Å²) < 4.78 is 7.79.